The second-order valence-electron chi connectivity index (χ2n) is 7.67. The van der Waals surface area contributed by atoms with E-state index in [1.165, 1.54) is 36.1 Å². The first kappa shape index (κ1) is 18.8. The third kappa shape index (κ3) is 4.84. The summed E-state index contributed by atoms with van der Waals surface area (Å²) in [5.74, 6) is 0.621. The van der Waals surface area contributed by atoms with Gasteiger partial charge in [-0.05, 0) is 61.7 Å². The lowest BCUT2D eigenvalue weighted by Crippen LogP contribution is -2.38. The number of piperidine rings is 1. The van der Waals surface area contributed by atoms with Gasteiger partial charge < -0.3 is 19.9 Å². The van der Waals surface area contributed by atoms with Crippen molar-refractivity contribution in [3.8, 4) is 5.75 Å². The van der Waals surface area contributed by atoms with Crippen LogP contribution in [0.15, 0.2) is 48.5 Å². The van der Waals surface area contributed by atoms with Gasteiger partial charge in [-0.3, -0.25) is 0 Å². The Labute approximate surface area is 167 Å². The Kier molecular flexibility index (Phi) is 6.12. The molecule has 0 spiro atoms. The molecule has 0 unspecified atom stereocenters. The minimum atomic E-state index is -0.365. The van der Waals surface area contributed by atoms with Gasteiger partial charge in [0.15, 0.2) is 0 Å². The Morgan fingerprint density at radius 3 is 2.64 bits per heavy atom. The molecular formula is C23H29N3O2. The molecule has 5 heteroatoms. The van der Waals surface area contributed by atoms with Crippen molar-refractivity contribution in [2.45, 2.75) is 32.2 Å². The average Bonchev–Trinajstić information content (AvgIpc) is 3.11. The van der Waals surface area contributed by atoms with E-state index in [2.05, 4.69) is 45.4 Å². The molecule has 0 aromatic heterocycles. The van der Waals surface area contributed by atoms with Gasteiger partial charge in [0.2, 0.25) is 0 Å². The summed E-state index contributed by atoms with van der Waals surface area (Å²) in [6.45, 7) is 5.71. The minimum Gasteiger partial charge on any atom is -0.410 e. The first-order chi connectivity index (χ1) is 13.8. The van der Waals surface area contributed by atoms with E-state index in [1.807, 2.05) is 18.2 Å². The lowest BCUT2D eigenvalue weighted by atomic mass is 10.1. The predicted molar refractivity (Wildman–Crippen MR) is 112 cm³/mol. The Morgan fingerprint density at radius 1 is 1.00 bits per heavy atom. The predicted octanol–water partition coefficient (Wildman–Crippen LogP) is 3.82. The molecule has 2 aromatic rings. The second kappa shape index (κ2) is 9.11. The molecule has 1 N–H and O–H groups in total. The average molecular weight is 380 g/mol. The number of fused-ring (bicyclic) bond motifs is 1. The maximum absolute atomic E-state index is 12.1. The lowest BCUT2D eigenvalue weighted by Gasteiger charge is -2.26. The highest BCUT2D eigenvalue weighted by atomic mass is 16.6. The summed E-state index contributed by atoms with van der Waals surface area (Å²) in [5.41, 5.74) is 3.79. The molecule has 0 bridgehead atoms. The summed E-state index contributed by atoms with van der Waals surface area (Å²) in [7, 11) is 0. The van der Waals surface area contributed by atoms with Crippen LogP contribution in [0.25, 0.3) is 0 Å². The molecular weight excluding hydrogens is 350 g/mol. The van der Waals surface area contributed by atoms with Crippen LogP contribution in [0.3, 0.4) is 0 Å². The van der Waals surface area contributed by atoms with Crippen molar-refractivity contribution in [3.05, 3.63) is 59.7 Å². The number of nitrogens with one attached hydrogen (secondary N) is 1. The summed E-state index contributed by atoms with van der Waals surface area (Å²) in [5, 5.41) is 2.87. The van der Waals surface area contributed by atoms with Crippen LogP contribution >= 0.6 is 0 Å². The Hall–Kier alpha value is -2.53. The number of likely N-dealkylation sites (tertiary alicyclic amines) is 1. The molecule has 28 heavy (non-hydrogen) atoms. The van der Waals surface area contributed by atoms with Gasteiger partial charge in [-0.15, -0.1) is 0 Å². The summed E-state index contributed by atoms with van der Waals surface area (Å²) < 4.78 is 5.50. The number of benzene rings is 2. The third-order valence-electron chi connectivity index (χ3n) is 5.62. The van der Waals surface area contributed by atoms with E-state index >= 15 is 0 Å². The third-order valence-corrected chi connectivity index (χ3v) is 5.62. The molecule has 0 aliphatic carbocycles. The van der Waals surface area contributed by atoms with E-state index in [1.54, 1.807) is 0 Å². The van der Waals surface area contributed by atoms with Crippen LogP contribution in [-0.2, 0) is 13.0 Å². The van der Waals surface area contributed by atoms with Gasteiger partial charge in [-0.25, -0.2) is 4.79 Å². The fraction of sp³-hybridized carbons (Fsp3) is 0.435. The summed E-state index contributed by atoms with van der Waals surface area (Å²) in [6.07, 6.45) is 4.47. The Balaban J connectivity index is 1.27. The maximum atomic E-state index is 12.1. The van der Waals surface area contributed by atoms with E-state index in [0.717, 1.165) is 39.1 Å². The first-order valence-electron chi connectivity index (χ1n) is 10.4. The number of carbonyl (C=O) groups excluding carboxylic acids is 1. The molecule has 148 valence electrons. The van der Waals surface area contributed by atoms with Crippen molar-refractivity contribution in [1.82, 2.24) is 10.2 Å². The smallest absolute Gasteiger partial charge is 0.410 e. The molecule has 2 aliphatic rings. The topological polar surface area (TPSA) is 44.8 Å². The van der Waals surface area contributed by atoms with Crippen molar-refractivity contribution < 1.29 is 9.53 Å². The molecule has 2 aromatic carbocycles. The monoisotopic (exact) mass is 379 g/mol. The normalized spacial score (nSPS) is 16.6. The van der Waals surface area contributed by atoms with Gasteiger partial charge in [0, 0.05) is 31.9 Å². The summed E-state index contributed by atoms with van der Waals surface area (Å²) in [4.78, 5) is 16.9. The van der Waals surface area contributed by atoms with Crippen LogP contribution in [0.2, 0.25) is 0 Å². The molecule has 5 nitrogen and oxygen atoms in total. The van der Waals surface area contributed by atoms with Gasteiger partial charge in [0.05, 0.1) is 0 Å². The van der Waals surface area contributed by atoms with Crippen LogP contribution < -0.4 is 15.0 Å². The van der Waals surface area contributed by atoms with Crippen LogP contribution in [0.1, 0.15) is 30.4 Å². The summed E-state index contributed by atoms with van der Waals surface area (Å²) in [6, 6.07) is 16.5. The number of amides is 1. The number of anilines is 1. The van der Waals surface area contributed by atoms with Gasteiger partial charge in [-0.1, -0.05) is 36.8 Å². The number of nitrogens with zero attached hydrogens (tertiary/aromatic N) is 2. The van der Waals surface area contributed by atoms with E-state index < -0.39 is 0 Å². The number of hydrogen-bond acceptors (Lipinski definition) is 4. The van der Waals surface area contributed by atoms with Crippen LogP contribution in [0.4, 0.5) is 10.5 Å². The molecule has 0 atom stereocenters. The molecule has 0 saturated carbocycles. The Morgan fingerprint density at radius 2 is 1.82 bits per heavy atom. The molecule has 1 amide bonds. The number of hydrogen-bond donors (Lipinski definition) is 1. The standard InChI is InChI=1S/C23H29N3O2/c27-23(24-12-16-25-13-5-2-6-14-25)28-21-9-10-22-20(17-21)11-15-26(22)18-19-7-3-1-4-8-19/h1,3-4,7-10,17H,2,5-6,11-16,18H2,(H,24,27). The SMILES string of the molecule is O=C(NCCN1CCCCC1)Oc1ccc2c(c1)CCN2Cc1ccccc1. The van der Waals surface area contributed by atoms with Crippen molar-refractivity contribution >= 4 is 11.8 Å². The van der Waals surface area contributed by atoms with E-state index in [-0.39, 0.29) is 6.09 Å². The quantitative estimate of drug-likeness (QED) is 0.829. The lowest BCUT2D eigenvalue weighted by molar-refractivity contribution is 0.193. The van der Waals surface area contributed by atoms with Crippen molar-refractivity contribution in [2.75, 3.05) is 37.6 Å². The van der Waals surface area contributed by atoms with Crippen LogP contribution in [0.5, 0.6) is 5.75 Å². The molecule has 2 heterocycles. The van der Waals surface area contributed by atoms with Gasteiger partial charge >= 0.3 is 6.09 Å². The molecule has 1 fully saturated rings. The van der Waals surface area contributed by atoms with Crippen molar-refractivity contribution in [1.29, 1.82) is 0 Å². The highest BCUT2D eigenvalue weighted by Crippen LogP contribution is 2.32. The van der Waals surface area contributed by atoms with Gasteiger partial charge in [-0.2, -0.15) is 0 Å². The number of rotatable bonds is 6. The number of ether oxygens (including phenoxy) is 1. The number of carbonyl (C=O) groups is 1. The van der Waals surface area contributed by atoms with Gasteiger partial charge in [0.25, 0.3) is 0 Å². The highest BCUT2D eigenvalue weighted by molar-refractivity contribution is 5.71. The largest absolute Gasteiger partial charge is 0.412 e. The first-order valence-corrected chi connectivity index (χ1v) is 10.4. The van der Waals surface area contributed by atoms with E-state index in [0.29, 0.717) is 12.3 Å². The van der Waals surface area contributed by atoms with Gasteiger partial charge in [0.1, 0.15) is 5.75 Å². The maximum Gasteiger partial charge on any atom is 0.412 e. The summed E-state index contributed by atoms with van der Waals surface area (Å²) >= 11 is 0. The second-order valence-corrected chi connectivity index (χ2v) is 7.67. The Bertz CT molecular complexity index is 788. The fourth-order valence-electron chi connectivity index (χ4n) is 4.12. The van der Waals surface area contributed by atoms with E-state index in [4.69, 9.17) is 4.74 Å². The molecule has 2 aliphatic heterocycles. The zero-order valence-electron chi connectivity index (χ0n) is 16.4. The molecule has 4 rings (SSSR count). The molecule has 0 radical (unpaired) electrons. The minimum absolute atomic E-state index is 0.365. The highest BCUT2D eigenvalue weighted by Gasteiger charge is 2.20. The van der Waals surface area contributed by atoms with E-state index in [9.17, 15) is 4.79 Å². The molecule has 1 saturated heterocycles. The zero-order valence-corrected chi connectivity index (χ0v) is 16.4. The van der Waals surface area contributed by atoms with Crippen molar-refractivity contribution in [3.63, 3.8) is 0 Å². The van der Waals surface area contributed by atoms with Crippen molar-refractivity contribution in [2.24, 2.45) is 0 Å². The van der Waals surface area contributed by atoms with Crippen LogP contribution in [-0.4, -0.2) is 43.7 Å². The van der Waals surface area contributed by atoms with Crippen LogP contribution in [0, 0.1) is 0 Å². The fourth-order valence-corrected chi connectivity index (χ4v) is 4.12. The zero-order chi connectivity index (χ0) is 19.2.